The minimum atomic E-state index is -1.05. The zero-order valence-corrected chi connectivity index (χ0v) is 11.5. The third kappa shape index (κ3) is 3.46. The van der Waals surface area contributed by atoms with Crippen LogP contribution in [0.4, 0.5) is 8.78 Å². The maximum absolute atomic E-state index is 14.2. The summed E-state index contributed by atoms with van der Waals surface area (Å²) in [5.74, 6) is -2.28. The van der Waals surface area contributed by atoms with Crippen molar-refractivity contribution in [2.75, 3.05) is 0 Å². The Balaban J connectivity index is 2.34. The molecular formula is C16H13F2NO3. The number of benzene rings is 2. The number of carbonyl (C=O) groups is 1. The van der Waals surface area contributed by atoms with E-state index in [-0.39, 0.29) is 35.2 Å². The van der Waals surface area contributed by atoms with E-state index in [1.54, 1.807) is 6.07 Å². The Labute approximate surface area is 125 Å². The molecule has 0 atom stereocenters. The summed E-state index contributed by atoms with van der Waals surface area (Å²) in [6, 6.07) is 9.72. The van der Waals surface area contributed by atoms with Gasteiger partial charge < -0.3 is 10.3 Å². The van der Waals surface area contributed by atoms with Gasteiger partial charge in [0, 0.05) is 23.1 Å². The largest absolute Gasteiger partial charge is 0.481 e. The van der Waals surface area contributed by atoms with Gasteiger partial charge in [-0.15, -0.1) is 0 Å². The van der Waals surface area contributed by atoms with Crippen molar-refractivity contribution in [1.29, 1.82) is 0 Å². The summed E-state index contributed by atoms with van der Waals surface area (Å²) in [4.78, 5) is 10.5. The molecule has 0 radical (unpaired) electrons. The third-order valence-electron chi connectivity index (χ3n) is 3.16. The Morgan fingerprint density at radius 1 is 1.00 bits per heavy atom. The standard InChI is InChI=1S/C16H13F2NO3/c17-13-4-2-1-3-11(13)12-6-5-10(9-14(12)18)15(19-22)7-8-16(20)21/h1-6,9,22H,7-8H2,(H,20,21)/b19-15+. The summed E-state index contributed by atoms with van der Waals surface area (Å²) in [7, 11) is 0. The van der Waals surface area contributed by atoms with Crippen LogP contribution in [0.25, 0.3) is 11.1 Å². The van der Waals surface area contributed by atoms with E-state index in [1.807, 2.05) is 0 Å². The Kier molecular flexibility index (Phi) is 4.83. The predicted molar refractivity (Wildman–Crippen MR) is 77.0 cm³/mol. The van der Waals surface area contributed by atoms with Crippen molar-refractivity contribution in [3.05, 3.63) is 59.7 Å². The molecule has 0 saturated heterocycles. The molecule has 0 bridgehead atoms. The van der Waals surface area contributed by atoms with Crippen LogP contribution in [0.2, 0.25) is 0 Å². The van der Waals surface area contributed by atoms with E-state index in [0.717, 1.165) is 6.07 Å². The molecule has 2 N–H and O–H groups in total. The number of nitrogens with zero attached hydrogens (tertiary/aromatic N) is 1. The van der Waals surface area contributed by atoms with E-state index in [0.29, 0.717) is 0 Å². The fourth-order valence-corrected chi connectivity index (χ4v) is 2.07. The van der Waals surface area contributed by atoms with E-state index >= 15 is 0 Å². The van der Waals surface area contributed by atoms with Crippen LogP contribution in [-0.4, -0.2) is 22.0 Å². The van der Waals surface area contributed by atoms with Crippen molar-refractivity contribution in [2.24, 2.45) is 5.16 Å². The molecule has 0 unspecified atom stereocenters. The van der Waals surface area contributed by atoms with Crippen LogP contribution in [-0.2, 0) is 4.79 Å². The van der Waals surface area contributed by atoms with Gasteiger partial charge in [0.1, 0.15) is 11.6 Å². The van der Waals surface area contributed by atoms with E-state index in [9.17, 15) is 13.6 Å². The van der Waals surface area contributed by atoms with Crippen LogP contribution in [0.5, 0.6) is 0 Å². The summed E-state index contributed by atoms with van der Waals surface area (Å²) in [6.07, 6.45) is -0.277. The number of hydrogen-bond donors (Lipinski definition) is 2. The van der Waals surface area contributed by atoms with Crippen molar-refractivity contribution < 1.29 is 23.9 Å². The Morgan fingerprint density at radius 3 is 2.27 bits per heavy atom. The van der Waals surface area contributed by atoms with Crippen LogP contribution in [0, 0.1) is 11.6 Å². The zero-order chi connectivity index (χ0) is 16.1. The number of halogens is 2. The fraction of sp³-hybridized carbons (Fsp3) is 0.125. The molecule has 22 heavy (non-hydrogen) atoms. The molecule has 6 heteroatoms. The molecule has 0 aliphatic rings. The maximum Gasteiger partial charge on any atom is 0.303 e. The second-order valence-corrected chi connectivity index (χ2v) is 4.61. The first kappa shape index (κ1) is 15.6. The zero-order valence-electron chi connectivity index (χ0n) is 11.5. The average molecular weight is 305 g/mol. The lowest BCUT2D eigenvalue weighted by atomic mass is 9.99. The van der Waals surface area contributed by atoms with Crippen molar-refractivity contribution in [3.8, 4) is 11.1 Å². The van der Waals surface area contributed by atoms with Crippen LogP contribution >= 0.6 is 0 Å². The number of carboxylic acid groups (broad SMARTS) is 1. The van der Waals surface area contributed by atoms with Gasteiger partial charge in [-0.25, -0.2) is 8.78 Å². The maximum atomic E-state index is 14.2. The Morgan fingerprint density at radius 2 is 1.68 bits per heavy atom. The third-order valence-corrected chi connectivity index (χ3v) is 3.16. The molecule has 0 heterocycles. The second-order valence-electron chi connectivity index (χ2n) is 4.61. The highest BCUT2D eigenvalue weighted by molar-refractivity contribution is 6.01. The van der Waals surface area contributed by atoms with Crippen LogP contribution < -0.4 is 0 Å². The lowest BCUT2D eigenvalue weighted by molar-refractivity contribution is -0.136. The summed E-state index contributed by atoms with van der Waals surface area (Å²) in [6.45, 7) is 0. The number of oxime groups is 1. The molecule has 0 fully saturated rings. The molecule has 4 nitrogen and oxygen atoms in total. The summed E-state index contributed by atoms with van der Waals surface area (Å²) in [5.41, 5.74) is 0.514. The average Bonchev–Trinajstić information content (AvgIpc) is 2.49. The van der Waals surface area contributed by atoms with Gasteiger partial charge in [0.2, 0.25) is 0 Å². The van der Waals surface area contributed by atoms with Crippen LogP contribution in [0.3, 0.4) is 0 Å². The van der Waals surface area contributed by atoms with Crippen molar-refractivity contribution >= 4 is 11.7 Å². The number of hydrogen-bond acceptors (Lipinski definition) is 3. The SMILES string of the molecule is O=C(O)CC/C(=N\O)c1ccc(-c2ccccc2F)c(F)c1. The lowest BCUT2D eigenvalue weighted by Crippen LogP contribution is -2.06. The van der Waals surface area contributed by atoms with Crippen molar-refractivity contribution in [1.82, 2.24) is 0 Å². The smallest absolute Gasteiger partial charge is 0.303 e. The van der Waals surface area contributed by atoms with Gasteiger partial charge in [0.15, 0.2) is 0 Å². The first-order valence-corrected chi connectivity index (χ1v) is 6.50. The van der Waals surface area contributed by atoms with Gasteiger partial charge in [-0.1, -0.05) is 35.5 Å². The first-order valence-electron chi connectivity index (χ1n) is 6.50. The van der Waals surface area contributed by atoms with Crippen LogP contribution in [0.15, 0.2) is 47.6 Å². The molecular weight excluding hydrogens is 292 g/mol. The summed E-state index contributed by atoms with van der Waals surface area (Å²) in [5, 5.41) is 20.6. The van der Waals surface area contributed by atoms with Gasteiger partial charge >= 0.3 is 5.97 Å². The molecule has 0 spiro atoms. The van der Waals surface area contributed by atoms with Gasteiger partial charge in [-0.05, 0) is 12.1 Å². The Bertz CT molecular complexity index is 729. The summed E-state index contributed by atoms with van der Waals surface area (Å²) >= 11 is 0. The minimum absolute atomic E-state index is 0.0374. The molecule has 2 aromatic rings. The lowest BCUT2D eigenvalue weighted by Gasteiger charge is -2.08. The second kappa shape index (κ2) is 6.80. The molecule has 2 rings (SSSR count). The fourth-order valence-electron chi connectivity index (χ4n) is 2.07. The minimum Gasteiger partial charge on any atom is -0.481 e. The molecule has 2 aromatic carbocycles. The first-order chi connectivity index (χ1) is 10.5. The number of rotatable bonds is 5. The van der Waals surface area contributed by atoms with E-state index in [2.05, 4.69) is 5.16 Å². The number of aliphatic carboxylic acids is 1. The molecule has 0 amide bonds. The molecule has 0 saturated carbocycles. The van der Waals surface area contributed by atoms with Gasteiger partial charge in [0.05, 0.1) is 12.1 Å². The highest BCUT2D eigenvalue weighted by Crippen LogP contribution is 2.26. The molecule has 114 valence electrons. The van der Waals surface area contributed by atoms with E-state index in [1.165, 1.54) is 30.3 Å². The predicted octanol–water partition coefficient (Wildman–Crippen LogP) is 3.67. The Hall–Kier alpha value is -2.76. The molecule has 0 aliphatic heterocycles. The topological polar surface area (TPSA) is 69.9 Å². The van der Waals surface area contributed by atoms with Gasteiger partial charge in [-0.3, -0.25) is 4.79 Å². The highest BCUT2D eigenvalue weighted by Gasteiger charge is 2.13. The van der Waals surface area contributed by atoms with Crippen molar-refractivity contribution in [3.63, 3.8) is 0 Å². The summed E-state index contributed by atoms with van der Waals surface area (Å²) < 4.78 is 27.9. The number of carboxylic acids is 1. The van der Waals surface area contributed by atoms with Gasteiger partial charge in [-0.2, -0.15) is 0 Å². The quantitative estimate of drug-likeness (QED) is 0.503. The van der Waals surface area contributed by atoms with E-state index < -0.39 is 17.6 Å². The normalized spacial score (nSPS) is 11.5. The molecule has 0 aromatic heterocycles. The van der Waals surface area contributed by atoms with Crippen molar-refractivity contribution in [2.45, 2.75) is 12.8 Å². The highest BCUT2D eigenvalue weighted by atomic mass is 19.1. The van der Waals surface area contributed by atoms with E-state index in [4.69, 9.17) is 10.3 Å². The molecule has 0 aliphatic carbocycles. The monoisotopic (exact) mass is 305 g/mol. The van der Waals surface area contributed by atoms with Crippen LogP contribution in [0.1, 0.15) is 18.4 Å². The van der Waals surface area contributed by atoms with Gasteiger partial charge in [0.25, 0.3) is 0 Å².